The van der Waals surface area contributed by atoms with Gasteiger partial charge in [-0.1, -0.05) is 42.5 Å². The van der Waals surface area contributed by atoms with Crippen LogP contribution in [-0.2, 0) is 6.42 Å². The fourth-order valence-corrected chi connectivity index (χ4v) is 1.81. The van der Waals surface area contributed by atoms with Crippen LogP contribution in [-0.4, -0.2) is 19.4 Å². The summed E-state index contributed by atoms with van der Waals surface area (Å²) >= 11 is 0. The zero-order chi connectivity index (χ0) is 13.3. The molecule has 19 heavy (non-hydrogen) atoms. The summed E-state index contributed by atoms with van der Waals surface area (Å²) in [7, 11) is 0. The maximum Gasteiger partial charge on any atom is 0.119 e. The van der Waals surface area contributed by atoms with Crippen LogP contribution in [0.3, 0.4) is 0 Å². The number of ether oxygens (including phenoxy) is 1. The van der Waals surface area contributed by atoms with Gasteiger partial charge in [-0.25, -0.2) is 0 Å². The summed E-state index contributed by atoms with van der Waals surface area (Å²) in [4.78, 5) is 4.23. The summed E-state index contributed by atoms with van der Waals surface area (Å²) in [5.41, 5.74) is 2.38. The highest BCUT2D eigenvalue weighted by Gasteiger charge is 1.96. The van der Waals surface area contributed by atoms with E-state index in [0.29, 0.717) is 6.61 Å². The molecule has 0 fully saturated rings. The summed E-state index contributed by atoms with van der Waals surface area (Å²) in [6.45, 7) is 3.52. The van der Waals surface area contributed by atoms with E-state index >= 15 is 0 Å². The third-order valence-electron chi connectivity index (χ3n) is 2.78. The highest BCUT2D eigenvalue weighted by molar-refractivity contribution is 5.80. The summed E-state index contributed by atoms with van der Waals surface area (Å²) < 4.78 is 5.77. The van der Waals surface area contributed by atoms with Gasteiger partial charge in [-0.05, 0) is 30.2 Å². The Hall–Kier alpha value is -2.09. The quantitative estimate of drug-likeness (QED) is 0.718. The second-order valence-electron chi connectivity index (χ2n) is 4.28. The normalized spacial score (nSPS) is 10.8. The Morgan fingerprint density at radius 1 is 1.05 bits per heavy atom. The number of rotatable bonds is 6. The van der Waals surface area contributed by atoms with Gasteiger partial charge in [0.25, 0.3) is 0 Å². The molecule has 0 aromatic heterocycles. The summed E-state index contributed by atoms with van der Waals surface area (Å²) in [6.07, 6.45) is 2.80. The zero-order valence-corrected chi connectivity index (χ0v) is 11.3. The van der Waals surface area contributed by atoms with Crippen LogP contribution in [0.1, 0.15) is 18.1 Å². The van der Waals surface area contributed by atoms with Crippen LogP contribution < -0.4 is 4.74 Å². The van der Waals surface area contributed by atoms with Crippen molar-refractivity contribution >= 4 is 6.21 Å². The van der Waals surface area contributed by atoms with Gasteiger partial charge in [0.2, 0.25) is 0 Å². The maximum atomic E-state index is 5.77. The number of hydrogen-bond donors (Lipinski definition) is 0. The highest BCUT2D eigenvalue weighted by atomic mass is 16.5. The third kappa shape index (κ3) is 4.59. The maximum absolute atomic E-state index is 5.77. The van der Waals surface area contributed by atoms with Crippen LogP contribution in [0.25, 0.3) is 0 Å². The fourth-order valence-electron chi connectivity index (χ4n) is 1.81. The van der Waals surface area contributed by atoms with Gasteiger partial charge in [0.15, 0.2) is 0 Å². The Kier molecular flexibility index (Phi) is 5.17. The van der Waals surface area contributed by atoms with Crippen molar-refractivity contribution in [3.05, 3.63) is 65.7 Å². The molecule has 98 valence electrons. The monoisotopic (exact) mass is 253 g/mol. The van der Waals surface area contributed by atoms with Gasteiger partial charge >= 0.3 is 0 Å². The zero-order valence-electron chi connectivity index (χ0n) is 11.3. The van der Waals surface area contributed by atoms with E-state index in [1.165, 1.54) is 5.56 Å². The minimum absolute atomic E-state index is 0.693. The molecule has 0 saturated heterocycles. The van der Waals surface area contributed by atoms with Crippen molar-refractivity contribution in [2.24, 2.45) is 4.99 Å². The summed E-state index contributed by atoms with van der Waals surface area (Å²) in [6, 6.07) is 18.4. The van der Waals surface area contributed by atoms with E-state index in [9.17, 15) is 0 Å². The predicted octanol–water partition coefficient (Wildman–Crippen LogP) is 3.75. The Morgan fingerprint density at radius 3 is 2.68 bits per heavy atom. The average Bonchev–Trinajstić information content (AvgIpc) is 2.47. The molecule has 0 aliphatic carbocycles. The summed E-state index contributed by atoms with van der Waals surface area (Å²) in [5.74, 6) is 0.899. The van der Waals surface area contributed by atoms with E-state index in [1.54, 1.807) is 0 Å². The predicted molar refractivity (Wildman–Crippen MR) is 80.2 cm³/mol. The first-order valence-corrected chi connectivity index (χ1v) is 6.65. The third-order valence-corrected chi connectivity index (χ3v) is 2.78. The standard InChI is InChI=1S/C17H19NO/c1-2-18-14-16-9-6-10-17(13-16)19-12-11-15-7-4-3-5-8-15/h3-10,13-14H,2,11-12H2,1H3. The Balaban J connectivity index is 1.87. The number of hydrogen-bond acceptors (Lipinski definition) is 2. The molecule has 2 aromatic carbocycles. The fraction of sp³-hybridized carbons (Fsp3) is 0.235. The lowest BCUT2D eigenvalue weighted by molar-refractivity contribution is 0.322. The molecule has 0 aliphatic heterocycles. The van der Waals surface area contributed by atoms with Crippen molar-refractivity contribution in [2.75, 3.05) is 13.2 Å². The Morgan fingerprint density at radius 2 is 1.89 bits per heavy atom. The second-order valence-corrected chi connectivity index (χ2v) is 4.28. The largest absolute Gasteiger partial charge is 0.493 e. The molecule has 0 radical (unpaired) electrons. The van der Waals surface area contributed by atoms with Crippen molar-refractivity contribution in [3.8, 4) is 5.75 Å². The second kappa shape index (κ2) is 7.37. The van der Waals surface area contributed by atoms with Gasteiger partial charge in [0.05, 0.1) is 6.61 Å². The van der Waals surface area contributed by atoms with Crippen LogP contribution in [0.5, 0.6) is 5.75 Å². The van der Waals surface area contributed by atoms with Gasteiger partial charge in [0.1, 0.15) is 5.75 Å². The van der Waals surface area contributed by atoms with Crippen LogP contribution in [0, 0.1) is 0 Å². The number of aliphatic imine (C=N–C) groups is 1. The van der Waals surface area contributed by atoms with Crippen LogP contribution in [0.2, 0.25) is 0 Å². The van der Waals surface area contributed by atoms with Crippen molar-refractivity contribution in [1.82, 2.24) is 0 Å². The molecule has 0 bridgehead atoms. The van der Waals surface area contributed by atoms with Gasteiger partial charge in [0, 0.05) is 19.2 Å². The van der Waals surface area contributed by atoms with Gasteiger partial charge in [-0.15, -0.1) is 0 Å². The number of nitrogens with zero attached hydrogens (tertiary/aromatic N) is 1. The van der Waals surface area contributed by atoms with E-state index < -0.39 is 0 Å². The van der Waals surface area contributed by atoms with Crippen molar-refractivity contribution in [2.45, 2.75) is 13.3 Å². The molecule has 0 atom stereocenters. The van der Waals surface area contributed by atoms with Crippen LogP contribution in [0.15, 0.2) is 59.6 Å². The molecular weight excluding hydrogens is 234 g/mol. The van der Waals surface area contributed by atoms with Crippen molar-refractivity contribution in [3.63, 3.8) is 0 Å². The number of benzene rings is 2. The molecule has 0 spiro atoms. The van der Waals surface area contributed by atoms with Gasteiger partial charge in [-0.3, -0.25) is 4.99 Å². The highest BCUT2D eigenvalue weighted by Crippen LogP contribution is 2.12. The molecular formula is C17H19NO. The van der Waals surface area contributed by atoms with Gasteiger partial charge in [-0.2, -0.15) is 0 Å². The van der Waals surface area contributed by atoms with E-state index in [-0.39, 0.29) is 0 Å². The molecule has 0 unspecified atom stereocenters. The lowest BCUT2D eigenvalue weighted by Gasteiger charge is -2.06. The van der Waals surface area contributed by atoms with Gasteiger partial charge < -0.3 is 4.74 Å². The van der Waals surface area contributed by atoms with Crippen molar-refractivity contribution < 1.29 is 4.74 Å². The minimum atomic E-state index is 0.693. The molecule has 2 rings (SSSR count). The first-order chi connectivity index (χ1) is 9.38. The molecule has 2 nitrogen and oxygen atoms in total. The topological polar surface area (TPSA) is 21.6 Å². The molecule has 0 heterocycles. The van der Waals surface area contributed by atoms with Crippen LogP contribution in [0.4, 0.5) is 0 Å². The van der Waals surface area contributed by atoms with E-state index in [2.05, 4.69) is 29.3 Å². The molecule has 0 saturated carbocycles. The lowest BCUT2D eigenvalue weighted by atomic mass is 10.2. The molecule has 0 N–H and O–H groups in total. The smallest absolute Gasteiger partial charge is 0.119 e. The van der Waals surface area contributed by atoms with Crippen molar-refractivity contribution in [1.29, 1.82) is 0 Å². The van der Waals surface area contributed by atoms with E-state index in [4.69, 9.17) is 4.74 Å². The average molecular weight is 253 g/mol. The Bertz CT molecular complexity index is 520. The van der Waals surface area contributed by atoms with E-state index in [1.807, 2.05) is 43.5 Å². The minimum Gasteiger partial charge on any atom is -0.493 e. The van der Waals surface area contributed by atoms with E-state index in [0.717, 1.165) is 24.3 Å². The first-order valence-electron chi connectivity index (χ1n) is 6.65. The first kappa shape index (κ1) is 13.3. The lowest BCUT2D eigenvalue weighted by Crippen LogP contribution is -2.01. The summed E-state index contributed by atoms with van der Waals surface area (Å²) in [5, 5.41) is 0. The Labute approximate surface area is 114 Å². The SMILES string of the molecule is CCN=Cc1cccc(OCCc2ccccc2)c1. The van der Waals surface area contributed by atoms with Crippen LogP contribution >= 0.6 is 0 Å². The molecule has 0 amide bonds. The molecule has 2 aromatic rings. The molecule has 2 heteroatoms. The molecule has 0 aliphatic rings.